The fourth-order valence-electron chi connectivity index (χ4n) is 3.48. The Morgan fingerprint density at radius 3 is 1.59 bits per heavy atom. The van der Waals surface area contributed by atoms with Crippen LogP contribution in [0.15, 0.2) is 84.9 Å². The number of hydrogen-bond acceptors (Lipinski definition) is 2. The van der Waals surface area contributed by atoms with Crippen LogP contribution in [0.25, 0.3) is 0 Å². The van der Waals surface area contributed by atoms with Crippen molar-refractivity contribution in [1.29, 1.82) is 0 Å². The minimum absolute atomic E-state index is 0.114. The summed E-state index contributed by atoms with van der Waals surface area (Å²) in [6.45, 7) is 6.70. The van der Waals surface area contributed by atoms with Crippen LogP contribution in [-0.2, 0) is 0 Å². The molecule has 3 rings (SSSR count). The predicted molar refractivity (Wildman–Crippen MR) is 115 cm³/mol. The van der Waals surface area contributed by atoms with Crippen LogP contribution >= 0.6 is 11.6 Å². The van der Waals surface area contributed by atoms with E-state index >= 15 is 0 Å². The van der Waals surface area contributed by atoms with Gasteiger partial charge in [-0.2, -0.15) is 0 Å². The van der Waals surface area contributed by atoms with E-state index in [1.165, 1.54) is 10.4 Å². The van der Waals surface area contributed by atoms with E-state index in [1.807, 2.05) is 24.3 Å². The number of rotatable bonds is 5. The van der Waals surface area contributed by atoms with Crippen LogP contribution in [0.4, 0.5) is 0 Å². The van der Waals surface area contributed by atoms with Crippen LogP contribution in [0.2, 0.25) is 5.04 Å². The van der Waals surface area contributed by atoms with Gasteiger partial charge in [0.1, 0.15) is 5.75 Å². The summed E-state index contributed by atoms with van der Waals surface area (Å²) >= 11 is 5.58. The van der Waals surface area contributed by atoms with Crippen LogP contribution in [0.5, 0.6) is 5.75 Å². The lowest BCUT2D eigenvalue weighted by atomic mass is 10.2. The molecule has 0 unspecified atom stereocenters. The Hall–Kier alpha value is -2.36. The molecule has 0 aliphatic heterocycles. The van der Waals surface area contributed by atoms with Crippen molar-refractivity contribution in [2.24, 2.45) is 0 Å². The van der Waals surface area contributed by atoms with Crippen LogP contribution in [0.1, 0.15) is 31.1 Å². The van der Waals surface area contributed by atoms with Crippen molar-refractivity contribution in [3.05, 3.63) is 90.5 Å². The average molecular weight is 395 g/mol. The van der Waals surface area contributed by atoms with E-state index in [4.69, 9.17) is 16.0 Å². The standard InChI is InChI=1S/C23H23ClO2Si/c1-23(2,3)27(20-10-6-4-7-11-20,21-12-8-5-9-13-21)26-19-16-14-18(15-17-19)22(24)25/h4-17H,1-3H3. The summed E-state index contributed by atoms with van der Waals surface area (Å²) in [5.41, 5.74) is 0.464. The smallest absolute Gasteiger partial charge is 0.319 e. The molecule has 2 nitrogen and oxygen atoms in total. The van der Waals surface area contributed by atoms with E-state index in [-0.39, 0.29) is 5.04 Å². The fraction of sp³-hybridized carbons (Fsp3) is 0.174. The molecule has 3 aromatic carbocycles. The Morgan fingerprint density at radius 1 is 0.778 bits per heavy atom. The van der Waals surface area contributed by atoms with Gasteiger partial charge >= 0.3 is 8.32 Å². The molecule has 0 aliphatic rings. The third-order valence-corrected chi connectivity index (χ3v) is 9.93. The van der Waals surface area contributed by atoms with Gasteiger partial charge in [0, 0.05) is 5.56 Å². The molecule has 0 aromatic heterocycles. The van der Waals surface area contributed by atoms with Gasteiger partial charge in [-0.3, -0.25) is 4.79 Å². The third kappa shape index (κ3) is 3.85. The third-order valence-electron chi connectivity index (χ3n) is 4.77. The zero-order valence-corrected chi connectivity index (χ0v) is 17.5. The Labute approximate surface area is 166 Å². The van der Waals surface area contributed by atoms with Crippen molar-refractivity contribution in [2.75, 3.05) is 0 Å². The first-order valence-electron chi connectivity index (χ1n) is 8.94. The molecule has 0 spiro atoms. The summed E-state index contributed by atoms with van der Waals surface area (Å²) in [6.07, 6.45) is 0. The van der Waals surface area contributed by atoms with E-state index in [9.17, 15) is 4.79 Å². The van der Waals surface area contributed by atoms with Gasteiger partial charge in [0.15, 0.2) is 0 Å². The van der Waals surface area contributed by atoms with Gasteiger partial charge in [0.2, 0.25) is 0 Å². The maximum absolute atomic E-state index is 11.4. The minimum Gasteiger partial charge on any atom is -0.534 e. The van der Waals surface area contributed by atoms with Crippen LogP contribution in [0.3, 0.4) is 0 Å². The van der Waals surface area contributed by atoms with Crippen LogP contribution in [0, 0.1) is 0 Å². The highest BCUT2D eigenvalue weighted by Gasteiger charge is 2.52. The van der Waals surface area contributed by atoms with Crippen molar-refractivity contribution in [1.82, 2.24) is 0 Å². The number of benzene rings is 3. The molecule has 0 amide bonds. The monoisotopic (exact) mass is 394 g/mol. The van der Waals surface area contributed by atoms with Gasteiger partial charge < -0.3 is 4.43 Å². The highest BCUT2D eigenvalue weighted by Crippen LogP contribution is 2.37. The van der Waals surface area contributed by atoms with E-state index in [0.29, 0.717) is 5.56 Å². The minimum atomic E-state index is -2.65. The fourth-order valence-corrected chi connectivity index (χ4v) is 8.03. The number of carbonyl (C=O) groups excluding carboxylic acids is 1. The largest absolute Gasteiger partial charge is 0.534 e. The van der Waals surface area contributed by atoms with Crippen LogP contribution in [-0.4, -0.2) is 13.6 Å². The van der Waals surface area contributed by atoms with E-state index in [1.54, 1.807) is 12.1 Å². The van der Waals surface area contributed by atoms with Crippen molar-refractivity contribution in [3.8, 4) is 5.75 Å². The summed E-state index contributed by atoms with van der Waals surface area (Å²) < 4.78 is 6.86. The first kappa shape index (κ1) is 19.4. The molecule has 138 valence electrons. The maximum Gasteiger partial charge on any atom is 0.319 e. The number of halogens is 1. The van der Waals surface area contributed by atoms with Crippen molar-refractivity contribution in [2.45, 2.75) is 25.8 Å². The highest BCUT2D eigenvalue weighted by molar-refractivity contribution is 7.00. The Kier molecular flexibility index (Phi) is 5.54. The molecule has 0 aliphatic carbocycles. The first-order chi connectivity index (χ1) is 12.8. The summed E-state index contributed by atoms with van der Waals surface area (Å²) in [4.78, 5) is 11.4. The molecule has 0 atom stereocenters. The van der Waals surface area contributed by atoms with Crippen molar-refractivity contribution < 1.29 is 9.22 Å². The quantitative estimate of drug-likeness (QED) is 0.449. The lowest BCUT2D eigenvalue weighted by molar-refractivity contribution is 0.108. The van der Waals surface area contributed by atoms with Gasteiger partial charge in [-0.25, -0.2) is 0 Å². The Balaban J connectivity index is 2.19. The molecule has 0 saturated heterocycles. The second kappa shape index (κ2) is 7.71. The normalized spacial score (nSPS) is 11.9. The SMILES string of the molecule is CC(C)(C)[Si](Oc1ccc(C(=O)Cl)cc1)(c1ccccc1)c1ccccc1. The molecule has 0 fully saturated rings. The maximum atomic E-state index is 11.4. The Bertz CT molecular complexity index is 861. The molecular weight excluding hydrogens is 372 g/mol. The lowest BCUT2D eigenvalue weighted by Gasteiger charge is -2.43. The molecule has 27 heavy (non-hydrogen) atoms. The van der Waals surface area contributed by atoms with E-state index in [0.717, 1.165) is 5.75 Å². The van der Waals surface area contributed by atoms with Gasteiger partial charge in [-0.15, -0.1) is 0 Å². The zero-order valence-electron chi connectivity index (χ0n) is 15.8. The van der Waals surface area contributed by atoms with Gasteiger partial charge in [0.25, 0.3) is 5.24 Å². The van der Waals surface area contributed by atoms with Gasteiger partial charge in [-0.1, -0.05) is 81.4 Å². The molecule has 0 heterocycles. The number of hydrogen-bond donors (Lipinski definition) is 0. The Morgan fingerprint density at radius 2 is 1.22 bits per heavy atom. The second-order valence-electron chi connectivity index (χ2n) is 7.56. The molecular formula is C23H23ClO2Si. The molecule has 0 N–H and O–H groups in total. The first-order valence-corrected chi connectivity index (χ1v) is 11.2. The van der Waals surface area contributed by atoms with Gasteiger partial charge in [-0.05, 0) is 51.3 Å². The second-order valence-corrected chi connectivity index (χ2v) is 12.1. The molecule has 0 saturated carbocycles. The van der Waals surface area contributed by atoms with E-state index < -0.39 is 13.6 Å². The van der Waals surface area contributed by atoms with Gasteiger partial charge in [0.05, 0.1) is 0 Å². The lowest BCUT2D eigenvalue weighted by Crippen LogP contribution is -2.68. The molecule has 0 radical (unpaired) electrons. The summed E-state index contributed by atoms with van der Waals surface area (Å²) in [6, 6.07) is 28.0. The summed E-state index contributed by atoms with van der Waals surface area (Å²) in [7, 11) is -2.65. The van der Waals surface area contributed by atoms with Crippen LogP contribution < -0.4 is 14.8 Å². The molecule has 3 aromatic rings. The molecule has 0 bridgehead atoms. The number of carbonyl (C=O) groups is 1. The van der Waals surface area contributed by atoms with Crippen molar-refractivity contribution in [3.63, 3.8) is 0 Å². The zero-order chi connectivity index (χ0) is 19.5. The average Bonchev–Trinajstić information content (AvgIpc) is 2.67. The summed E-state index contributed by atoms with van der Waals surface area (Å²) in [5.74, 6) is 0.742. The van der Waals surface area contributed by atoms with E-state index in [2.05, 4.69) is 69.3 Å². The highest BCUT2D eigenvalue weighted by atomic mass is 35.5. The summed E-state index contributed by atoms with van der Waals surface area (Å²) in [5, 5.41) is 1.84. The molecule has 4 heteroatoms. The predicted octanol–water partition coefficient (Wildman–Crippen LogP) is 5.00. The topological polar surface area (TPSA) is 26.3 Å². The van der Waals surface area contributed by atoms with Crippen molar-refractivity contribution >= 4 is 35.5 Å².